The zero-order valence-corrected chi connectivity index (χ0v) is 23.6. The zero-order chi connectivity index (χ0) is 27.7. The minimum Gasteiger partial charge on any atom is -0.361 e. The first-order valence-electron chi connectivity index (χ1n) is 14.5. The van der Waals surface area contributed by atoms with E-state index in [9.17, 15) is 9.59 Å². The van der Waals surface area contributed by atoms with Crippen molar-refractivity contribution in [3.05, 3.63) is 108 Å². The maximum absolute atomic E-state index is 12.1. The van der Waals surface area contributed by atoms with Crippen molar-refractivity contribution in [2.45, 2.75) is 64.5 Å². The first kappa shape index (κ1) is 28.8. The summed E-state index contributed by atoms with van der Waals surface area (Å²) in [5.74, 6) is 1.16. The molecule has 5 atom stereocenters. The summed E-state index contributed by atoms with van der Waals surface area (Å²) in [5, 5.41) is 3.06. The minimum atomic E-state index is -0.736. The zero-order valence-electron chi connectivity index (χ0n) is 23.6. The third-order valence-corrected chi connectivity index (χ3v) is 8.67. The Morgan fingerprint density at radius 1 is 0.923 bits per heavy atom. The smallest absolute Gasteiger partial charge is 0.217 e. The van der Waals surface area contributed by atoms with Crippen LogP contribution in [0.15, 0.2) is 91.0 Å². The second kappa shape index (κ2) is 13.7. The van der Waals surface area contributed by atoms with Crippen molar-refractivity contribution in [3.8, 4) is 0 Å². The summed E-state index contributed by atoms with van der Waals surface area (Å²) in [7, 11) is 0. The van der Waals surface area contributed by atoms with Gasteiger partial charge >= 0.3 is 0 Å². The number of amides is 1. The molecule has 1 aliphatic rings. The summed E-state index contributed by atoms with van der Waals surface area (Å²) < 4.78 is 7.08. The average molecular weight is 526 g/mol. The lowest BCUT2D eigenvalue weighted by atomic mass is 9.80. The molecule has 1 N–H and O–H groups in total. The van der Waals surface area contributed by atoms with E-state index in [1.807, 2.05) is 18.2 Å². The molecule has 1 fully saturated rings. The van der Waals surface area contributed by atoms with Gasteiger partial charge < -0.3 is 14.8 Å². The molecule has 1 amide bonds. The monoisotopic (exact) mass is 525 g/mol. The van der Waals surface area contributed by atoms with Crippen LogP contribution in [0.3, 0.4) is 0 Å². The summed E-state index contributed by atoms with van der Waals surface area (Å²) in [5.41, 5.74) is 2.56. The number of nitrogens with one attached hydrogen (secondary N) is 1. The molecule has 0 saturated heterocycles. The Morgan fingerprint density at radius 2 is 1.44 bits per heavy atom. The van der Waals surface area contributed by atoms with Crippen LogP contribution < -0.4 is 5.32 Å². The lowest BCUT2D eigenvalue weighted by Gasteiger charge is -2.37. The van der Waals surface area contributed by atoms with Crippen molar-refractivity contribution in [2.24, 2.45) is 23.7 Å². The van der Waals surface area contributed by atoms with E-state index in [1.54, 1.807) is 6.92 Å². The Hall–Kier alpha value is -3.24. The Labute approximate surface area is 234 Å². The van der Waals surface area contributed by atoms with Gasteiger partial charge in [-0.25, -0.2) is 0 Å². The van der Waals surface area contributed by atoms with Crippen molar-refractivity contribution in [2.75, 3.05) is 6.61 Å². The third-order valence-electron chi connectivity index (χ3n) is 8.67. The molecule has 4 nitrogen and oxygen atoms in total. The van der Waals surface area contributed by atoms with Gasteiger partial charge in [-0.1, -0.05) is 104 Å². The second-order valence-electron chi connectivity index (χ2n) is 11.2. The minimum absolute atomic E-state index is 0.0172. The van der Waals surface area contributed by atoms with E-state index in [0.29, 0.717) is 24.4 Å². The largest absolute Gasteiger partial charge is 0.361 e. The number of rotatable bonds is 13. The normalized spacial score (nSPS) is 20.7. The average Bonchev–Trinajstić information content (AvgIpc) is 3.37. The molecule has 1 saturated carbocycles. The van der Waals surface area contributed by atoms with Crippen LogP contribution in [-0.4, -0.2) is 24.8 Å². The van der Waals surface area contributed by atoms with E-state index in [4.69, 9.17) is 4.74 Å². The van der Waals surface area contributed by atoms with Crippen LogP contribution in [0.1, 0.15) is 69.6 Å². The Kier molecular flexibility index (Phi) is 10.1. The van der Waals surface area contributed by atoms with Crippen molar-refractivity contribution >= 4 is 12.2 Å². The predicted molar refractivity (Wildman–Crippen MR) is 157 cm³/mol. The van der Waals surface area contributed by atoms with E-state index in [1.165, 1.54) is 6.29 Å². The third kappa shape index (κ3) is 6.86. The van der Waals surface area contributed by atoms with Gasteiger partial charge in [0.05, 0.1) is 6.61 Å². The molecule has 0 bridgehead atoms. The highest BCUT2D eigenvalue weighted by atomic mass is 16.5. The van der Waals surface area contributed by atoms with Crippen molar-refractivity contribution < 1.29 is 14.3 Å². The first-order chi connectivity index (χ1) is 19.0. The topological polar surface area (TPSA) is 55.4 Å². The van der Waals surface area contributed by atoms with Gasteiger partial charge in [0, 0.05) is 18.9 Å². The van der Waals surface area contributed by atoms with Gasteiger partial charge in [0.25, 0.3) is 0 Å². The van der Waals surface area contributed by atoms with E-state index in [2.05, 4.69) is 92.0 Å². The number of ether oxygens (including phenoxy) is 1. The van der Waals surface area contributed by atoms with Crippen LogP contribution in [0.5, 0.6) is 0 Å². The van der Waals surface area contributed by atoms with Crippen molar-refractivity contribution in [1.82, 2.24) is 5.32 Å². The van der Waals surface area contributed by atoms with Gasteiger partial charge in [0.2, 0.25) is 5.91 Å². The summed E-state index contributed by atoms with van der Waals surface area (Å²) in [6, 6.07) is 31.5. The summed E-state index contributed by atoms with van der Waals surface area (Å²) >= 11 is 0. The number of benzene rings is 3. The van der Waals surface area contributed by atoms with Crippen LogP contribution in [0.25, 0.3) is 0 Å². The van der Waals surface area contributed by atoms with Crippen LogP contribution in [-0.2, 0) is 19.9 Å². The van der Waals surface area contributed by atoms with Gasteiger partial charge in [0.1, 0.15) is 11.9 Å². The number of hydrogen-bond acceptors (Lipinski definition) is 3. The highest BCUT2D eigenvalue weighted by Crippen LogP contribution is 2.44. The lowest BCUT2D eigenvalue weighted by molar-refractivity contribution is -0.119. The molecule has 0 aliphatic heterocycles. The number of carbonyl (C=O) groups excluding carboxylic acids is 2. The molecule has 1 aliphatic carbocycles. The molecule has 3 aromatic carbocycles. The Balaban J connectivity index is 1.54. The fraction of sp³-hybridized carbons (Fsp3) is 0.429. The van der Waals surface area contributed by atoms with Crippen LogP contribution in [0.4, 0.5) is 0 Å². The molecule has 0 radical (unpaired) electrons. The van der Waals surface area contributed by atoms with Crippen molar-refractivity contribution in [1.29, 1.82) is 0 Å². The molecule has 0 aromatic heterocycles. The Morgan fingerprint density at radius 3 is 1.87 bits per heavy atom. The molecular weight excluding hydrogens is 482 g/mol. The molecular formula is C35H43NO3. The predicted octanol–water partition coefficient (Wildman–Crippen LogP) is 7.17. The van der Waals surface area contributed by atoms with E-state index in [0.717, 1.165) is 48.8 Å². The highest BCUT2D eigenvalue weighted by Gasteiger charge is 2.40. The molecule has 4 unspecified atom stereocenters. The summed E-state index contributed by atoms with van der Waals surface area (Å²) in [6.45, 7) is 6.43. The van der Waals surface area contributed by atoms with Gasteiger partial charge in [-0.2, -0.15) is 0 Å². The van der Waals surface area contributed by atoms with E-state index < -0.39 is 5.60 Å². The maximum atomic E-state index is 12.1. The van der Waals surface area contributed by atoms with E-state index >= 15 is 0 Å². The molecule has 206 valence electrons. The fourth-order valence-electron chi connectivity index (χ4n) is 6.60. The number of aldehydes is 1. The molecule has 0 spiro atoms. The van der Waals surface area contributed by atoms with Gasteiger partial charge in [-0.05, 0) is 67.1 Å². The van der Waals surface area contributed by atoms with Crippen LogP contribution in [0.2, 0.25) is 0 Å². The molecule has 39 heavy (non-hydrogen) atoms. The standard InChI is InChI=1S/C35H43NO3/c1-4-29(26(2)36-27(3)38)20-21-30-22-28(23-31(30)24-37)25-39-35(32-14-8-5-9-15-32,33-16-10-6-11-17-33)34-18-12-7-13-19-34/h5-19,24,26,28-31H,4,20-23,25H2,1-3H3,(H,36,38)/t26-,28?,29?,30?,31?/m0/s1. The maximum Gasteiger partial charge on any atom is 0.217 e. The molecule has 4 heteroatoms. The first-order valence-corrected chi connectivity index (χ1v) is 14.5. The molecule has 3 aromatic rings. The van der Waals surface area contributed by atoms with Gasteiger partial charge in [0.15, 0.2) is 0 Å². The number of carbonyl (C=O) groups is 2. The highest BCUT2D eigenvalue weighted by molar-refractivity contribution is 5.73. The van der Waals surface area contributed by atoms with Crippen LogP contribution in [0, 0.1) is 23.7 Å². The fourth-order valence-corrected chi connectivity index (χ4v) is 6.60. The summed E-state index contributed by atoms with van der Waals surface area (Å²) in [4.78, 5) is 23.7. The van der Waals surface area contributed by atoms with Gasteiger partial charge in [-0.3, -0.25) is 4.79 Å². The quantitative estimate of drug-likeness (QED) is 0.190. The van der Waals surface area contributed by atoms with Gasteiger partial charge in [-0.15, -0.1) is 0 Å². The van der Waals surface area contributed by atoms with E-state index in [-0.39, 0.29) is 17.9 Å². The van der Waals surface area contributed by atoms with Crippen molar-refractivity contribution in [3.63, 3.8) is 0 Å². The Bertz CT molecular complexity index is 1070. The molecule has 4 rings (SSSR count). The SMILES string of the molecule is CCC(CCC1CC(COC(c2ccccc2)(c2ccccc2)c2ccccc2)CC1C=O)[C@H](C)NC(C)=O. The summed E-state index contributed by atoms with van der Waals surface area (Å²) in [6.07, 6.45) is 6.05. The van der Waals surface area contributed by atoms with Crippen LogP contribution >= 0.6 is 0 Å². The second-order valence-corrected chi connectivity index (χ2v) is 11.2. The lowest BCUT2D eigenvalue weighted by Crippen LogP contribution is -2.36. The number of hydrogen-bond donors (Lipinski definition) is 1. The molecule has 0 heterocycles.